The monoisotopic (exact) mass is 306 g/mol. The van der Waals surface area contributed by atoms with Crippen molar-refractivity contribution in [3.8, 4) is 0 Å². The average molecular weight is 306 g/mol. The van der Waals surface area contributed by atoms with Gasteiger partial charge in [0.05, 0.1) is 18.1 Å². The van der Waals surface area contributed by atoms with Crippen molar-refractivity contribution in [2.24, 2.45) is 11.8 Å². The van der Waals surface area contributed by atoms with E-state index in [4.69, 9.17) is 9.47 Å². The van der Waals surface area contributed by atoms with Crippen LogP contribution in [0.5, 0.6) is 0 Å². The minimum atomic E-state index is -0.507. The number of carbonyl (C=O) groups excluding carboxylic acids is 2. The highest BCUT2D eigenvalue weighted by Crippen LogP contribution is 2.18. The third-order valence-electron chi connectivity index (χ3n) is 3.33. The molecule has 0 bridgehead atoms. The van der Waals surface area contributed by atoms with Gasteiger partial charge in [0, 0.05) is 0 Å². The quantitative estimate of drug-likeness (QED) is 0.685. The summed E-state index contributed by atoms with van der Waals surface area (Å²) in [5, 5.41) is 0. The highest BCUT2D eigenvalue weighted by atomic mass is 16.6. The second-order valence-corrected chi connectivity index (χ2v) is 5.90. The van der Waals surface area contributed by atoms with Gasteiger partial charge in [0.2, 0.25) is 0 Å². The summed E-state index contributed by atoms with van der Waals surface area (Å²) in [5.74, 6) is -0.834. The molecule has 0 N–H and O–H groups in total. The smallest absolute Gasteiger partial charge is 0.338 e. The summed E-state index contributed by atoms with van der Waals surface area (Å²) in [6.45, 7) is 8.10. The number of benzene rings is 1. The molecule has 0 fully saturated rings. The van der Waals surface area contributed by atoms with Crippen molar-refractivity contribution in [2.75, 3.05) is 6.61 Å². The molecule has 0 aliphatic heterocycles. The fraction of sp³-hybridized carbons (Fsp3) is 0.556. The summed E-state index contributed by atoms with van der Waals surface area (Å²) in [7, 11) is 0. The zero-order valence-electron chi connectivity index (χ0n) is 13.9. The minimum absolute atomic E-state index is 0.286. The minimum Gasteiger partial charge on any atom is -0.465 e. The highest BCUT2D eigenvalue weighted by Gasteiger charge is 2.29. The molecule has 0 saturated carbocycles. The summed E-state index contributed by atoms with van der Waals surface area (Å²) in [4.78, 5) is 24.3. The zero-order valence-corrected chi connectivity index (χ0v) is 13.9. The largest absolute Gasteiger partial charge is 0.465 e. The Morgan fingerprint density at radius 1 is 1.09 bits per heavy atom. The average Bonchev–Trinajstić information content (AvgIpc) is 2.50. The van der Waals surface area contributed by atoms with Crippen molar-refractivity contribution in [3.05, 3.63) is 35.9 Å². The first-order valence-corrected chi connectivity index (χ1v) is 7.88. The molecule has 1 aromatic carbocycles. The Morgan fingerprint density at radius 2 is 1.73 bits per heavy atom. The van der Waals surface area contributed by atoms with Gasteiger partial charge >= 0.3 is 11.9 Å². The van der Waals surface area contributed by atoms with Crippen molar-refractivity contribution in [1.29, 1.82) is 0 Å². The van der Waals surface area contributed by atoms with Crippen LogP contribution >= 0.6 is 0 Å². The van der Waals surface area contributed by atoms with E-state index in [1.54, 1.807) is 31.2 Å². The molecule has 4 heteroatoms. The molecule has 0 aliphatic rings. The molecule has 2 unspecified atom stereocenters. The van der Waals surface area contributed by atoms with Gasteiger partial charge < -0.3 is 9.47 Å². The van der Waals surface area contributed by atoms with Crippen molar-refractivity contribution in [3.63, 3.8) is 0 Å². The van der Waals surface area contributed by atoms with E-state index >= 15 is 0 Å². The van der Waals surface area contributed by atoms with Gasteiger partial charge in [-0.2, -0.15) is 0 Å². The second kappa shape index (κ2) is 9.23. The number of ether oxygens (including phenoxy) is 2. The molecule has 0 amide bonds. The molecule has 2 atom stereocenters. The van der Waals surface area contributed by atoms with E-state index in [0.717, 1.165) is 6.42 Å². The first-order chi connectivity index (χ1) is 10.5. The number of hydrogen-bond acceptors (Lipinski definition) is 4. The van der Waals surface area contributed by atoms with Crippen LogP contribution < -0.4 is 0 Å². The number of carbonyl (C=O) groups is 2. The second-order valence-electron chi connectivity index (χ2n) is 5.90. The lowest BCUT2D eigenvalue weighted by Gasteiger charge is -2.22. The molecule has 122 valence electrons. The van der Waals surface area contributed by atoms with Gasteiger partial charge in [-0.25, -0.2) is 4.79 Å². The van der Waals surface area contributed by atoms with Crippen molar-refractivity contribution < 1.29 is 19.1 Å². The lowest BCUT2D eigenvalue weighted by Crippen LogP contribution is -2.32. The Balaban J connectivity index is 2.66. The van der Waals surface area contributed by atoms with Gasteiger partial charge in [0.15, 0.2) is 0 Å². The molecule has 0 radical (unpaired) electrons. The van der Waals surface area contributed by atoms with Crippen molar-refractivity contribution >= 4 is 11.9 Å². The summed E-state index contributed by atoms with van der Waals surface area (Å²) >= 11 is 0. The summed E-state index contributed by atoms with van der Waals surface area (Å²) in [5.41, 5.74) is 0.486. The van der Waals surface area contributed by atoms with E-state index in [2.05, 4.69) is 0 Å². The third kappa shape index (κ3) is 5.88. The molecule has 0 aromatic heterocycles. The Labute approximate surface area is 132 Å². The lowest BCUT2D eigenvalue weighted by atomic mass is 9.98. The van der Waals surface area contributed by atoms with Crippen LogP contribution in [-0.2, 0) is 14.3 Å². The summed E-state index contributed by atoms with van der Waals surface area (Å²) in [6, 6.07) is 8.79. The van der Waals surface area contributed by atoms with Crippen LogP contribution in [0, 0.1) is 11.8 Å². The van der Waals surface area contributed by atoms with E-state index in [1.165, 1.54) is 0 Å². The molecule has 22 heavy (non-hydrogen) atoms. The van der Waals surface area contributed by atoms with Crippen LogP contribution in [0.4, 0.5) is 0 Å². The summed E-state index contributed by atoms with van der Waals surface area (Å²) < 4.78 is 10.7. The van der Waals surface area contributed by atoms with E-state index in [9.17, 15) is 9.59 Å². The molecule has 1 aromatic rings. The van der Waals surface area contributed by atoms with Gasteiger partial charge in [0.1, 0.15) is 6.10 Å². The van der Waals surface area contributed by atoms with E-state index in [1.807, 2.05) is 26.8 Å². The van der Waals surface area contributed by atoms with Gasteiger partial charge in [-0.15, -0.1) is 0 Å². The van der Waals surface area contributed by atoms with E-state index < -0.39 is 18.0 Å². The van der Waals surface area contributed by atoms with Gasteiger partial charge in [-0.1, -0.05) is 45.4 Å². The van der Waals surface area contributed by atoms with Crippen LogP contribution in [-0.4, -0.2) is 24.6 Å². The van der Waals surface area contributed by atoms with Crippen LogP contribution in [0.2, 0.25) is 0 Å². The van der Waals surface area contributed by atoms with Crippen LogP contribution in [0.1, 0.15) is 50.9 Å². The first kappa shape index (κ1) is 18.2. The molecule has 4 nitrogen and oxygen atoms in total. The van der Waals surface area contributed by atoms with Crippen molar-refractivity contribution in [2.45, 2.75) is 46.6 Å². The molecule has 0 heterocycles. The number of rotatable bonds is 8. The fourth-order valence-corrected chi connectivity index (χ4v) is 2.10. The predicted molar refractivity (Wildman–Crippen MR) is 85.5 cm³/mol. The maximum absolute atomic E-state index is 12.2. The fourth-order valence-electron chi connectivity index (χ4n) is 2.10. The SMILES string of the molecule is CCCC(C(=O)OCC(C)C)C(C)OC(=O)c1ccccc1. The molecule has 0 aliphatic carbocycles. The zero-order chi connectivity index (χ0) is 16.5. The Kier molecular flexibility index (Phi) is 7.64. The topological polar surface area (TPSA) is 52.6 Å². The maximum atomic E-state index is 12.2. The number of esters is 2. The van der Waals surface area contributed by atoms with Crippen LogP contribution in [0.3, 0.4) is 0 Å². The van der Waals surface area contributed by atoms with Crippen LogP contribution in [0.25, 0.3) is 0 Å². The third-order valence-corrected chi connectivity index (χ3v) is 3.33. The standard InChI is InChI=1S/C18H26O4/c1-5-9-16(18(20)21-12-13(2)3)14(4)22-17(19)15-10-7-6-8-11-15/h6-8,10-11,13-14,16H,5,9,12H2,1-4H3. The molecule has 1 rings (SSSR count). The Bertz CT molecular complexity index is 467. The van der Waals surface area contributed by atoms with E-state index in [-0.39, 0.29) is 11.9 Å². The van der Waals surface area contributed by atoms with Crippen LogP contribution in [0.15, 0.2) is 30.3 Å². The molecular weight excluding hydrogens is 280 g/mol. The Hall–Kier alpha value is -1.84. The predicted octanol–water partition coefficient (Wildman–Crippen LogP) is 3.85. The molecule has 0 saturated heterocycles. The number of hydrogen-bond donors (Lipinski definition) is 0. The van der Waals surface area contributed by atoms with Crippen molar-refractivity contribution in [1.82, 2.24) is 0 Å². The first-order valence-electron chi connectivity index (χ1n) is 7.88. The van der Waals surface area contributed by atoms with Gasteiger partial charge in [-0.3, -0.25) is 4.79 Å². The van der Waals surface area contributed by atoms with Gasteiger partial charge in [0.25, 0.3) is 0 Å². The van der Waals surface area contributed by atoms with Gasteiger partial charge in [-0.05, 0) is 31.4 Å². The highest BCUT2D eigenvalue weighted by molar-refractivity contribution is 5.89. The Morgan fingerprint density at radius 3 is 2.27 bits per heavy atom. The molecule has 0 spiro atoms. The normalized spacial score (nSPS) is 13.5. The van der Waals surface area contributed by atoms with E-state index in [0.29, 0.717) is 18.6 Å². The lowest BCUT2D eigenvalue weighted by molar-refractivity contribution is -0.153. The summed E-state index contributed by atoms with van der Waals surface area (Å²) in [6.07, 6.45) is 0.960. The maximum Gasteiger partial charge on any atom is 0.338 e. The molecular formula is C18H26O4.